The van der Waals surface area contributed by atoms with Crippen LogP contribution in [0.3, 0.4) is 0 Å². The van der Waals surface area contributed by atoms with Crippen molar-refractivity contribution in [3.05, 3.63) is 18.2 Å². The second-order valence-corrected chi connectivity index (χ2v) is 5.67. The highest BCUT2D eigenvalue weighted by molar-refractivity contribution is 7.80. The minimum Gasteiger partial charge on any atom is -0.495 e. The van der Waals surface area contributed by atoms with Crippen molar-refractivity contribution in [2.45, 2.75) is 19.3 Å². The van der Waals surface area contributed by atoms with Crippen LogP contribution in [0.25, 0.3) is 0 Å². The molecule has 1 amide bonds. The number of amides is 1. The summed E-state index contributed by atoms with van der Waals surface area (Å²) in [7, 11) is 3.25. The standard InChI is InChI=1S/C16H23N3O3S/c1-21-10-8-17-16(23)18-12-6-7-14(22-2)13(11-12)19-9-4-3-5-15(19)20/h6-7,11H,3-5,8-10H2,1-2H3,(H2,17,18,23). The topological polar surface area (TPSA) is 62.8 Å². The van der Waals surface area contributed by atoms with E-state index in [2.05, 4.69) is 10.6 Å². The Hall–Kier alpha value is -1.86. The molecule has 6 nitrogen and oxygen atoms in total. The molecule has 0 radical (unpaired) electrons. The van der Waals surface area contributed by atoms with Crippen molar-refractivity contribution in [3.63, 3.8) is 0 Å². The van der Waals surface area contributed by atoms with E-state index in [4.69, 9.17) is 21.7 Å². The molecule has 1 aliphatic rings. The molecule has 126 valence electrons. The number of hydrogen-bond donors (Lipinski definition) is 2. The number of nitrogens with one attached hydrogen (secondary N) is 2. The Labute approximate surface area is 142 Å². The fourth-order valence-electron chi connectivity index (χ4n) is 2.48. The predicted octanol–water partition coefficient (Wildman–Crippen LogP) is 2.14. The predicted molar refractivity (Wildman–Crippen MR) is 95.3 cm³/mol. The van der Waals surface area contributed by atoms with Gasteiger partial charge >= 0.3 is 0 Å². The van der Waals surface area contributed by atoms with Crippen molar-refractivity contribution in [2.24, 2.45) is 0 Å². The van der Waals surface area contributed by atoms with Crippen molar-refractivity contribution in [1.29, 1.82) is 0 Å². The summed E-state index contributed by atoms with van der Waals surface area (Å²) < 4.78 is 10.4. The highest BCUT2D eigenvalue weighted by atomic mass is 32.1. The maximum atomic E-state index is 12.2. The number of ether oxygens (including phenoxy) is 2. The van der Waals surface area contributed by atoms with Crippen LogP contribution >= 0.6 is 12.2 Å². The Balaban J connectivity index is 2.11. The first-order chi connectivity index (χ1) is 11.2. The van der Waals surface area contributed by atoms with Gasteiger partial charge in [-0.25, -0.2) is 0 Å². The van der Waals surface area contributed by atoms with Gasteiger partial charge in [-0.1, -0.05) is 0 Å². The van der Waals surface area contributed by atoms with E-state index in [-0.39, 0.29) is 5.91 Å². The van der Waals surface area contributed by atoms with E-state index in [1.807, 2.05) is 18.2 Å². The Kier molecular flexibility index (Phi) is 6.61. The van der Waals surface area contributed by atoms with Gasteiger partial charge in [0.2, 0.25) is 5.91 Å². The SMILES string of the molecule is COCCNC(=S)Nc1ccc(OC)c(N2CCCCC2=O)c1. The summed E-state index contributed by atoms with van der Waals surface area (Å²) in [5.41, 5.74) is 1.59. The molecule has 0 atom stereocenters. The molecule has 1 heterocycles. The summed E-state index contributed by atoms with van der Waals surface area (Å²) in [6.45, 7) is 1.93. The number of piperidine rings is 1. The van der Waals surface area contributed by atoms with E-state index in [1.54, 1.807) is 19.1 Å². The molecule has 2 N–H and O–H groups in total. The second kappa shape index (κ2) is 8.69. The average molecular weight is 337 g/mol. The van der Waals surface area contributed by atoms with Crippen molar-refractivity contribution in [2.75, 3.05) is 44.1 Å². The first-order valence-corrected chi connectivity index (χ1v) is 8.08. The zero-order valence-electron chi connectivity index (χ0n) is 13.6. The summed E-state index contributed by atoms with van der Waals surface area (Å²) in [5, 5.41) is 6.69. The third-order valence-electron chi connectivity index (χ3n) is 3.64. The third-order valence-corrected chi connectivity index (χ3v) is 3.89. The van der Waals surface area contributed by atoms with Crippen molar-refractivity contribution in [1.82, 2.24) is 5.32 Å². The fourth-order valence-corrected chi connectivity index (χ4v) is 2.70. The number of anilines is 2. The lowest BCUT2D eigenvalue weighted by atomic mass is 10.1. The summed E-state index contributed by atoms with van der Waals surface area (Å²) in [4.78, 5) is 14.0. The van der Waals surface area contributed by atoms with Gasteiger partial charge in [-0.15, -0.1) is 0 Å². The van der Waals surface area contributed by atoms with E-state index < -0.39 is 0 Å². The van der Waals surface area contributed by atoms with E-state index in [0.29, 0.717) is 30.4 Å². The van der Waals surface area contributed by atoms with Gasteiger partial charge in [-0.3, -0.25) is 4.79 Å². The Bertz CT molecular complexity index is 566. The van der Waals surface area contributed by atoms with Crippen LogP contribution in [-0.2, 0) is 9.53 Å². The fraction of sp³-hybridized carbons (Fsp3) is 0.500. The molecule has 0 unspecified atom stereocenters. The molecule has 7 heteroatoms. The molecular formula is C16H23N3O3S. The number of nitrogens with zero attached hydrogens (tertiary/aromatic N) is 1. The van der Waals surface area contributed by atoms with Crippen molar-refractivity contribution < 1.29 is 14.3 Å². The van der Waals surface area contributed by atoms with Gasteiger partial charge in [0.15, 0.2) is 5.11 Å². The van der Waals surface area contributed by atoms with Gasteiger partial charge in [0.1, 0.15) is 5.75 Å². The van der Waals surface area contributed by atoms with E-state index in [1.165, 1.54) is 0 Å². The molecular weight excluding hydrogens is 314 g/mol. The number of carbonyl (C=O) groups is 1. The van der Waals surface area contributed by atoms with Gasteiger partial charge in [-0.05, 0) is 43.3 Å². The monoisotopic (exact) mass is 337 g/mol. The molecule has 2 rings (SSSR count). The first-order valence-electron chi connectivity index (χ1n) is 7.68. The number of thiocarbonyl (C=S) groups is 1. The lowest BCUT2D eigenvalue weighted by Gasteiger charge is -2.28. The minimum absolute atomic E-state index is 0.132. The zero-order valence-corrected chi connectivity index (χ0v) is 14.4. The van der Waals surface area contributed by atoms with Crippen LogP contribution in [0, 0.1) is 0 Å². The van der Waals surface area contributed by atoms with Gasteiger partial charge in [0.05, 0.1) is 19.4 Å². The first kappa shape index (κ1) is 17.5. The highest BCUT2D eigenvalue weighted by Crippen LogP contribution is 2.33. The minimum atomic E-state index is 0.132. The molecule has 1 aromatic carbocycles. The van der Waals surface area contributed by atoms with Gasteiger partial charge in [0.25, 0.3) is 0 Å². The maximum Gasteiger partial charge on any atom is 0.227 e. The summed E-state index contributed by atoms with van der Waals surface area (Å²) in [6.07, 6.45) is 2.53. The third kappa shape index (κ3) is 4.80. The zero-order chi connectivity index (χ0) is 16.7. The molecule has 0 aromatic heterocycles. The molecule has 0 bridgehead atoms. The van der Waals surface area contributed by atoms with Crippen LogP contribution in [0.1, 0.15) is 19.3 Å². The largest absolute Gasteiger partial charge is 0.495 e. The van der Waals surface area contributed by atoms with Crippen LogP contribution in [0.2, 0.25) is 0 Å². The Morgan fingerprint density at radius 1 is 1.35 bits per heavy atom. The normalized spacial score (nSPS) is 14.5. The molecule has 0 saturated carbocycles. The maximum absolute atomic E-state index is 12.2. The molecule has 1 aliphatic heterocycles. The number of hydrogen-bond acceptors (Lipinski definition) is 4. The number of methoxy groups -OCH3 is 2. The molecule has 0 aliphatic carbocycles. The molecule has 23 heavy (non-hydrogen) atoms. The Morgan fingerprint density at radius 2 is 2.17 bits per heavy atom. The number of benzene rings is 1. The van der Waals surface area contributed by atoms with E-state index in [9.17, 15) is 4.79 Å². The highest BCUT2D eigenvalue weighted by Gasteiger charge is 2.22. The van der Waals surface area contributed by atoms with Gasteiger partial charge < -0.3 is 25.0 Å². The van der Waals surface area contributed by atoms with Gasteiger partial charge in [-0.2, -0.15) is 0 Å². The Morgan fingerprint density at radius 3 is 2.87 bits per heavy atom. The van der Waals surface area contributed by atoms with Crippen LogP contribution in [0.5, 0.6) is 5.75 Å². The number of carbonyl (C=O) groups excluding carboxylic acids is 1. The lowest BCUT2D eigenvalue weighted by molar-refractivity contribution is -0.119. The summed E-state index contributed by atoms with van der Waals surface area (Å²) in [5.74, 6) is 0.816. The molecule has 1 aromatic rings. The molecule has 1 fully saturated rings. The smallest absolute Gasteiger partial charge is 0.227 e. The lowest BCUT2D eigenvalue weighted by Crippen LogP contribution is -2.35. The van der Waals surface area contributed by atoms with Gasteiger partial charge in [0, 0.05) is 32.3 Å². The average Bonchev–Trinajstić information content (AvgIpc) is 2.55. The van der Waals surface area contributed by atoms with E-state index >= 15 is 0 Å². The van der Waals surface area contributed by atoms with Crippen molar-refractivity contribution in [3.8, 4) is 5.75 Å². The quantitative estimate of drug-likeness (QED) is 0.613. The van der Waals surface area contributed by atoms with Crippen LogP contribution in [-0.4, -0.2) is 44.9 Å². The van der Waals surface area contributed by atoms with Crippen molar-refractivity contribution >= 4 is 34.6 Å². The number of rotatable bonds is 6. The summed E-state index contributed by atoms with van der Waals surface area (Å²) in [6, 6.07) is 5.62. The molecule has 0 spiro atoms. The van der Waals surface area contributed by atoms with E-state index in [0.717, 1.165) is 30.8 Å². The second-order valence-electron chi connectivity index (χ2n) is 5.26. The van der Waals surface area contributed by atoms with Crippen LogP contribution in [0.15, 0.2) is 18.2 Å². The van der Waals surface area contributed by atoms with Crippen LogP contribution in [0.4, 0.5) is 11.4 Å². The van der Waals surface area contributed by atoms with Crippen LogP contribution < -0.4 is 20.3 Å². The molecule has 1 saturated heterocycles. The summed E-state index contributed by atoms with van der Waals surface area (Å²) >= 11 is 5.24.